The molecular formula is C47H60N4O3S2. The number of rotatable bonds is 11. The van der Waals surface area contributed by atoms with E-state index in [9.17, 15) is 10.2 Å². The second-order valence-corrected chi connectivity index (χ2v) is 19.6. The smallest absolute Gasteiger partial charge is 0.188 e. The Hall–Kier alpha value is -3.76. The molecule has 7 rings (SSSR count). The lowest BCUT2D eigenvalue weighted by Gasteiger charge is -2.47. The molecule has 0 radical (unpaired) electrons. The Morgan fingerprint density at radius 2 is 1.89 bits per heavy atom. The molecule has 0 aliphatic heterocycles. The Kier molecular flexibility index (Phi) is 12.3. The summed E-state index contributed by atoms with van der Waals surface area (Å²) in [6.45, 7) is 6.27. The molecule has 2 aromatic heterocycles. The highest BCUT2D eigenvalue weighted by atomic mass is 32.1. The Balaban J connectivity index is 1.35. The molecule has 298 valence electrons. The third kappa shape index (κ3) is 8.02. The number of aromatic hydroxyl groups is 1. The number of carbonyl (C=O) groups is 1. The van der Waals surface area contributed by atoms with Crippen molar-refractivity contribution < 1.29 is 15.0 Å². The van der Waals surface area contributed by atoms with E-state index in [1.165, 1.54) is 49.8 Å². The Morgan fingerprint density at radius 1 is 1.11 bits per heavy atom. The van der Waals surface area contributed by atoms with E-state index in [4.69, 9.17) is 5.73 Å². The third-order valence-electron chi connectivity index (χ3n) is 13.8. The van der Waals surface area contributed by atoms with Gasteiger partial charge < -0.3 is 26.6 Å². The van der Waals surface area contributed by atoms with Gasteiger partial charge in [-0.15, -0.1) is 28.6 Å². The minimum Gasteiger partial charge on any atom is -0.508 e. The van der Waals surface area contributed by atoms with Gasteiger partial charge in [-0.2, -0.15) is 0 Å². The maximum Gasteiger partial charge on any atom is 0.188 e. The first-order valence-electron chi connectivity index (χ1n) is 21.0. The fourth-order valence-electron chi connectivity index (χ4n) is 11.5. The molecule has 6 N–H and O–H groups in total. The number of phenolic OH excluding ortho intramolecular Hbond substituents is 1. The maximum absolute atomic E-state index is 15.2. The van der Waals surface area contributed by atoms with Gasteiger partial charge in [0.1, 0.15) is 5.75 Å². The molecule has 3 bridgehead atoms. The van der Waals surface area contributed by atoms with Crippen LogP contribution in [0.3, 0.4) is 0 Å². The van der Waals surface area contributed by atoms with Crippen molar-refractivity contribution in [2.75, 3.05) is 18.9 Å². The van der Waals surface area contributed by atoms with Gasteiger partial charge in [0.05, 0.1) is 27.1 Å². The zero-order valence-corrected chi connectivity index (χ0v) is 35.4. The van der Waals surface area contributed by atoms with E-state index in [0.717, 1.165) is 76.4 Å². The fourth-order valence-corrected chi connectivity index (χ4v) is 13.5. The number of anilines is 1. The number of ketones is 1. The van der Waals surface area contributed by atoms with Gasteiger partial charge in [-0.05, 0) is 130 Å². The van der Waals surface area contributed by atoms with Crippen molar-refractivity contribution in [3.8, 4) is 39.2 Å². The normalized spacial score (nSPS) is 27.2. The van der Waals surface area contributed by atoms with Crippen LogP contribution < -0.4 is 16.4 Å². The molecule has 3 fully saturated rings. The summed E-state index contributed by atoms with van der Waals surface area (Å²) < 4.78 is 0. The van der Waals surface area contributed by atoms with Gasteiger partial charge >= 0.3 is 0 Å². The van der Waals surface area contributed by atoms with Crippen LogP contribution in [0.2, 0.25) is 0 Å². The summed E-state index contributed by atoms with van der Waals surface area (Å²) in [7, 11) is 1.72. The van der Waals surface area contributed by atoms with Crippen molar-refractivity contribution in [1.29, 1.82) is 0 Å². The highest BCUT2D eigenvalue weighted by molar-refractivity contribution is 7.23. The first-order chi connectivity index (χ1) is 27.0. The molecule has 2 spiro atoms. The number of aliphatic hydroxyl groups is 1. The first-order valence-corrected chi connectivity index (χ1v) is 22.6. The average Bonchev–Trinajstić information content (AvgIpc) is 3.99. The summed E-state index contributed by atoms with van der Waals surface area (Å²) in [5.74, 6) is 14.8. The average molecular weight is 793 g/mol. The molecular weight excluding hydrogens is 733 g/mol. The number of unbranched alkanes of at least 4 members (excludes halogenated alkanes) is 2. The van der Waals surface area contributed by atoms with E-state index in [2.05, 4.69) is 70.5 Å². The summed E-state index contributed by atoms with van der Waals surface area (Å²) in [5, 5.41) is 28.3. The van der Waals surface area contributed by atoms with Crippen LogP contribution >= 0.6 is 22.7 Å². The van der Waals surface area contributed by atoms with Gasteiger partial charge in [0, 0.05) is 47.8 Å². The largest absolute Gasteiger partial charge is 0.508 e. The van der Waals surface area contributed by atoms with Crippen LogP contribution in [0.15, 0.2) is 41.4 Å². The molecule has 6 unspecified atom stereocenters. The molecule has 4 aliphatic carbocycles. The van der Waals surface area contributed by atoms with Crippen LogP contribution in [0.4, 0.5) is 5.69 Å². The van der Waals surface area contributed by atoms with E-state index in [0.29, 0.717) is 24.7 Å². The number of thiophene rings is 2. The molecule has 2 heterocycles. The lowest BCUT2D eigenvalue weighted by atomic mass is 9.57. The van der Waals surface area contributed by atoms with Crippen molar-refractivity contribution in [2.24, 2.45) is 38.8 Å². The molecule has 7 nitrogen and oxygen atoms in total. The first kappa shape index (κ1) is 40.4. The SMILES string of the molecule is CC#Cc1ccc(-c2ccc(C(=O)C3CCC4CC35CC(CCCCC)(CC#Cc3c(cc(O)cc3NCC(C)O)CC4NC(N)=NC)C3(CCCC3)C5)s2)s1. The van der Waals surface area contributed by atoms with Crippen LogP contribution in [0.25, 0.3) is 9.75 Å². The molecule has 4 aliphatic rings. The second kappa shape index (κ2) is 17.0. The van der Waals surface area contributed by atoms with Gasteiger partial charge in [0.15, 0.2) is 11.7 Å². The Labute approximate surface area is 342 Å². The summed E-state index contributed by atoms with van der Waals surface area (Å²) in [6.07, 6.45) is 15.3. The predicted molar refractivity (Wildman–Crippen MR) is 232 cm³/mol. The van der Waals surface area contributed by atoms with E-state index in [1.54, 1.807) is 42.7 Å². The number of nitrogens with zero attached hydrogens (tertiary/aromatic N) is 1. The van der Waals surface area contributed by atoms with Crippen LogP contribution in [0, 0.1) is 51.8 Å². The van der Waals surface area contributed by atoms with Gasteiger partial charge in [0.2, 0.25) is 0 Å². The van der Waals surface area contributed by atoms with Crippen molar-refractivity contribution in [3.05, 3.63) is 57.3 Å². The lowest BCUT2D eigenvalue weighted by Crippen LogP contribution is -2.50. The van der Waals surface area contributed by atoms with E-state index in [1.807, 2.05) is 13.0 Å². The van der Waals surface area contributed by atoms with Gasteiger partial charge in [-0.3, -0.25) is 9.79 Å². The maximum atomic E-state index is 15.2. The molecule has 6 atom stereocenters. The van der Waals surface area contributed by atoms with Crippen molar-refractivity contribution in [1.82, 2.24) is 5.32 Å². The number of hydrogen-bond acceptors (Lipinski definition) is 7. The predicted octanol–water partition coefficient (Wildman–Crippen LogP) is 9.75. The van der Waals surface area contributed by atoms with Crippen LogP contribution in [0.5, 0.6) is 5.75 Å². The van der Waals surface area contributed by atoms with Crippen LogP contribution in [-0.2, 0) is 6.42 Å². The van der Waals surface area contributed by atoms with Crippen molar-refractivity contribution in [3.63, 3.8) is 0 Å². The summed E-state index contributed by atoms with van der Waals surface area (Å²) in [6, 6.07) is 12.0. The Bertz CT molecular complexity index is 2050. The monoisotopic (exact) mass is 792 g/mol. The lowest BCUT2D eigenvalue weighted by molar-refractivity contribution is 0.0327. The third-order valence-corrected chi connectivity index (χ3v) is 16.1. The number of guanidine groups is 1. The van der Waals surface area contributed by atoms with E-state index in [-0.39, 0.29) is 39.9 Å². The number of hydrogen-bond donors (Lipinski definition) is 5. The highest BCUT2D eigenvalue weighted by Crippen LogP contribution is 2.74. The van der Waals surface area contributed by atoms with Crippen molar-refractivity contribution >= 4 is 40.1 Å². The molecule has 0 saturated heterocycles. The zero-order chi connectivity index (χ0) is 39.5. The van der Waals surface area contributed by atoms with Crippen molar-refractivity contribution in [2.45, 2.75) is 129 Å². The molecule has 3 aromatic rings. The van der Waals surface area contributed by atoms with Crippen LogP contribution in [0.1, 0.15) is 136 Å². The fraction of sp³-hybridized carbons (Fsp3) is 0.574. The quantitative estimate of drug-likeness (QED) is 0.0434. The summed E-state index contributed by atoms with van der Waals surface area (Å²) >= 11 is 3.34. The number of phenols is 1. The number of fused-ring (bicyclic) bond motifs is 4. The molecule has 56 heavy (non-hydrogen) atoms. The topological polar surface area (TPSA) is 120 Å². The number of aliphatic hydroxyl groups excluding tert-OH is 1. The van der Waals surface area contributed by atoms with E-state index < -0.39 is 6.10 Å². The summed E-state index contributed by atoms with van der Waals surface area (Å²) in [5.41, 5.74) is 9.08. The second-order valence-electron chi connectivity index (χ2n) is 17.4. The minimum absolute atomic E-state index is 0.0106. The van der Waals surface area contributed by atoms with E-state index >= 15 is 4.79 Å². The number of benzene rings is 1. The number of nitrogens with two attached hydrogens (primary N) is 1. The minimum atomic E-state index is -0.555. The number of aliphatic imine (C=N–C) groups is 1. The Morgan fingerprint density at radius 3 is 2.64 bits per heavy atom. The standard InChI is InChI=1S/C47H60N4O3S2/c1-5-7-8-20-47-23-11-13-36-33(24-34(53)26-39(36)50-28-31(3)52)25-38(51-44(48)49-4)32-14-16-37(45(27-32,30-47)29-46(47)21-9-10-22-46)43(54)42-19-18-41(56-42)40-17-15-35(55-40)12-6-2/h15,17-19,24,26,31-32,37-38,50,52-53H,5,7-10,14,16,20-23,25,27-30H2,1-4H3,(H3,48,49,51). The molecule has 0 amide bonds. The molecule has 1 aromatic carbocycles. The zero-order valence-electron chi connectivity index (χ0n) is 33.7. The highest BCUT2D eigenvalue weighted by Gasteiger charge is 2.66. The van der Waals surface area contributed by atoms with Gasteiger partial charge in [-0.25, -0.2) is 0 Å². The van der Waals surface area contributed by atoms with Gasteiger partial charge in [-0.1, -0.05) is 56.8 Å². The number of Topliss-reactive ketones (excluding diaryl/α,β-unsaturated/α-hetero) is 1. The number of nitrogens with one attached hydrogen (secondary N) is 2. The van der Waals surface area contributed by atoms with Gasteiger partial charge in [0.25, 0.3) is 0 Å². The van der Waals surface area contributed by atoms with Crippen LogP contribution in [-0.4, -0.2) is 47.7 Å². The summed E-state index contributed by atoms with van der Waals surface area (Å²) in [4.78, 5) is 23.8. The molecule has 9 heteroatoms. The molecule has 3 saturated carbocycles. The number of carbonyl (C=O) groups excluding carboxylic acids is 1.